The first-order chi connectivity index (χ1) is 15.6. The zero-order valence-corrected chi connectivity index (χ0v) is 18.1. The molecule has 0 spiro atoms. The molecule has 8 heteroatoms. The molecule has 0 aliphatic heterocycles. The van der Waals surface area contributed by atoms with Gasteiger partial charge in [0.2, 0.25) is 0 Å². The van der Waals surface area contributed by atoms with Crippen LogP contribution in [0.3, 0.4) is 0 Å². The molecule has 0 aliphatic rings. The van der Waals surface area contributed by atoms with Gasteiger partial charge in [0, 0.05) is 36.4 Å². The van der Waals surface area contributed by atoms with Gasteiger partial charge in [0.25, 0.3) is 5.91 Å². The van der Waals surface area contributed by atoms with E-state index in [0.717, 1.165) is 42.7 Å². The maximum absolute atomic E-state index is 13.9. The number of amides is 1. The molecule has 3 aromatic heterocycles. The van der Waals surface area contributed by atoms with Crippen LogP contribution in [0.1, 0.15) is 37.2 Å². The van der Waals surface area contributed by atoms with Crippen molar-refractivity contribution in [3.63, 3.8) is 0 Å². The molecule has 0 bridgehead atoms. The number of rotatable bonds is 8. The number of hydrogen-bond donors (Lipinski definition) is 2. The van der Waals surface area contributed by atoms with Crippen LogP contribution in [-0.2, 0) is 0 Å². The number of nitrogens with one attached hydrogen (secondary N) is 2. The summed E-state index contributed by atoms with van der Waals surface area (Å²) < 4.78 is 13.9. The predicted molar refractivity (Wildman–Crippen MR) is 124 cm³/mol. The molecule has 7 nitrogen and oxygen atoms in total. The van der Waals surface area contributed by atoms with Gasteiger partial charge in [-0.25, -0.2) is 4.39 Å². The smallest absolute Gasteiger partial charge is 0.276 e. The highest BCUT2D eigenvalue weighted by atomic mass is 19.1. The van der Waals surface area contributed by atoms with Crippen molar-refractivity contribution in [3.05, 3.63) is 66.6 Å². The van der Waals surface area contributed by atoms with Crippen LogP contribution in [0, 0.1) is 5.82 Å². The highest BCUT2D eigenvalue weighted by Gasteiger charge is 2.17. The average Bonchev–Trinajstić information content (AvgIpc) is 3.24. The lowest BCUT2D eigenvalue weighted by Crippen LogP contribution is -2.24. The first kappa shape index (κ1) is 21.4. The second-order valence-electron chi connectivity index (χ2n) is 7.56. The molecule has 0 aliphatic carbocycles. The number of fused-ring (bicyclic) bond motifs is 1. The number of hydrogen-bond acceptors (Lipinski definition) is 5. The molecule has 1 aromatic carbocycles. The lowest BCUT2D eigenvalue weighted by atomic mass is 10.0. The van der Waals surface area contributed by atoms with E-state index < -0.39 is 11.7 Å². The van der Waals surface area contributed by atoms with Gasteiger partial charge in [-0.3, -0.25) is 19.9 Å². The fourth-order valence-corrected chi connectivity index (χ4v) is 3.69. The Morgan fingerprint density at radius 2 is 1.84 bits per heavy atom. The van der Waals surface area contributed by atoms with Crippen molar-refractivity contribution in [2.24, 2.45) is 0 Å². The van der Waals surface area contributed by atoms with Crippen molar-refractivity contribution < 1.29 is 9.18 Å². The Bertz CT molecular complexity index is 1230. The molecule has 2 N–H and O–H groups in total. The number of aromatic nitrogens is 4. The van der Waals surface area contributed by atoms with Crippen molar-refractivity contribution in [1.82, 2.24) is 20.2 Å². The van der Waals surface area contributed by atoms with Gasteiger partial charge in [-0.15, -0.1) is 0 Å². The van der Waals surface area contributed by atoms with Gasteiger partial charge in [-0.1, -0.05) is 19.9 Å². The normalized spacial score (nSPS) is 11.0. The first-order valence-corrected chi connectivity index (χ1v) is 10.7. The summed E-state index contributed by atoms with van der Waals surface area (Å²) in [6.07, 6.45) is 8.40. The molecule has 0 unspecified atom stereocenters. The Balaban J connectivity index is 1.66. The van der Waals surface area contributed by atoms with E-state index in [-0.39, 0.29) is 11.4 Å². The molecule has 1 amide bonds. The van der Waals surface area contributed by atoms with Crippen LogP contribution < -0.4 is 10.2 Å². The van der Waals surface area contributed by atoms with E-state index in [1.807, 2.05) is 30.6 Å². The summed E-state index contributed by atoms with van der Waals surface area (Å²) in [5.41, 5.74) is 3.86. The molecule has 0 radical (unpaired) electrons. The van der Waals surface area contributed by atoms with E-state index in [4.69, 9.17) is 0 Å². The van der Waals surface area contributed by atoms with Crippen LogP contribution in [0.2, 0.25) is 0 Å². The van der Waals surface area contributed by atoms with E-state index in [9.17, 15) is 9.18 Å². The summed E-state index contributed by atoms with van der Waals surface area (Å²) in [6.45, 7) is 6.26. The van der Waals surface area contributed by atoms with E-state index in [2.05, 4.69) is 50.3 Å². The van der Waals surface area contributed by atoms with Crippen LogP contribution in [0.5, 0.6) is 0 Å². The number of carbonyl (C=O) groups is 1. The van der Waals surface area contributed by atoms with Crippen molar-refractivity contribution in [3.8, 4) is 11.1 Å². The number of carbonyl (C=O) groups excluding carboxylic acids is 1. The van der Waals surface area contributed by atoms with Crippen LogP contribution >= 0.6 is 0 Å². The average molecular weight is 433 g/mol. The third-order valence-corrected chi connectivity index (χ3v) is 5.20. The molecule has 0 saturated heterocycles. The number of pyridine rings is 2. The zero-order chi connectivity index (χ0) is 22.5. The number of benzene rings is 1. The van der Waals surface area contributed by atoms with Crippen molar-refractivity contribution in [2.45, 2.75) is 26.7 Å². The van der Waals surface area contributed by atoms with E-state index in [1.54, 1.807) is 0 Å². The SMILES string of the molecule is CCCN(CCC)c1cncc(-c2ccc3[nH]nc(C(=O)Nc4cnccc4F)c3c2)c1. The molecule has 0 fully saturated rings. The number of anilines is 2. The summed E-state index contributed by atoms with van der Waals surface area (Å²) in [6, 6.07) is 9.05. The molecule has 0 atom stereocenters. The minimum absolute atomic E-state index is 0.00801. The van der Waals surface area contributed by atoms with Crippen molar-refractivity contribution in [1.29, 1.82) is 0 Å². The predicted octanol–water partition coefficient (Wildman–Crippen LogP) is 5.04. The van der Waals surface area contributed by atoms with Crippen molar-refractivity contribution >= 4 is 28.2 Å². The molecule has 4 aromatic rings. The molecule has 4 rings (SSSR count). The van der Waals surface area contributed by atoms with Gasteiger partial charge in [-0.2, -0.15) is 5.10 Å². The molecule has 0 saturated carbocycles. The lowest BCUT2D eigenvalue weighted by molar-refractivity contribution is 0.102. The summed E-state index contributed by atoms with van der Waals surface area (Å²) in [7, 11) is 0. The minimum Gasteiger partial charge on any atom is -0.370 e. The number of halogens is 1. The van der Waals surface area contributed by atoms with Gasteiger partial charge >= 0.3 is 0 Å². The molecule has 32 heavy (non-hydrogen) atoms. The van der Waals surface area contributed by atoms with Gasteiger partial charge < -0.3 is 10.2 Å². The topological polar surface area (TPSA) is 86.8 Å². The first-order valence-electron chi connectivity index (χ1n) is 10.7. The van der Waals surface area contributed by atoms with Crippen LogP contribution in [0.15, 0.2) is 55.1 Å². The van der Waals surface area contributed by atoms with Crippen LogP contribution in [-0.4, -0.2) is 39.2 Å². The quantitative estimate of drug-likeness (QED) is 0.407. The second kappa shape index (κ2) is 9.55. The Hall–Kier alpha value is -3.81. The summed E-state index contributed by atoms with van der Waals surface area (Å²) in [5, 5.41) is 10.2. The van der Waals surface area contributed by atoms with Gasteiger partial charge in [0.15, 0.2) is 5.69 Å². The second-order valence-corrected chi connectivity index (χ2v) is 7.56. The zero-order valence-electron chi connectivity index (χ0n) is 18.1. The maximum Gasteiger partial charge on any atom is 0.276 e. The third kappa shape index (κ3) is 4.44. The number of H-pyrrole nitrogens is 1. The highest BCUT2D eigenvalue weighted by molar-refractivity contribution is 6.11. The summed E-state index contributed by atoms with van der Waals surface area (Å²) in [5.74, 6) is -1.07. The van der Waals surface area contributed by atoms with Crippen molar-refractivity contribution in [2.75, 3.05) is 23.3 Å². The van der Waals surface area contributed by atoms with E-state index in [1.165, 1.54) is 18.5 Å². The Morgan fingerprint density at radius 3 is 2.59 bits per heavy atom. The lowest BCUT2D eigenvalue weighted by Gasteiger charge is -2.23. The standard InChI is InChI=1S/C24H25FN6O/c1-3-9-31(10-4-2)18-11-17(13-27-14-18)16-5-6-21-19(12-16)23(30-29-21)24(32)28-22-15-26-8-7-20(22)25/h5-8,11-15H,3-4,9-10H2,1-2H3,(H,28,32)(H,29,30). The molecule has 164 valence electrons. The van der Waals surface area contributed by atoms with Gasteiger partial charge in [0.1, 0.15) is 5.82 Å². The monoisotopic (exact) mass is 432 g/mol. The molecule has 3 heterocycles. The van der Waals surface area contributed by atoms with Crippen LogP contribution in [0.25, 0.3) is 22.0 Å². The Morgan fingerprint density at radius 1 is 1.03 bits per heavy atom. The molecular weight excluding hydrogens is 407 g/mol. The largest absolute Gasteiger partial charge is 0.370 e. The summed E-state index contributed by atoms with van der Waals surface area (Å²) in [4.78, 5) is 23.4. The van der Waals surface area contributed by atoms with E-state index in [0.29, 0.717) is 10.9 Å². The minimum atomic E-state index is -0.555. The Labute approximate surface area is 185 Å². The number of nitrogens with zero attached hydrogens (tertiary/aromatic N) is 4. The number of aromatic amines is 1. The molecular formula is C24H25FN6O. The van der Waals surface area contributed by atoms with Crippen LogP contribution in [0.4, 0.5) is 15.8 Å². The fourth-order valence-electron chi connectivity index (χ4n) is 3.69. The van der Waals surface area contributed by atoms with Gasteiger partial charge in [0.05, 0.1) is 29.3 Å². The van der Waals surface area contributed by atoms with Gasteiger partial charge in [-0.05, 0) is 42.7 Å². The third-order valence-electron chi connectivity index (χ3n) is 5.20. The summed E-state index contributed by atoms with van der Waals surface area (Å²) >= 11 is 0. The fraction of sp³-hybridized carbons (Fsp3) is 0.250. The Kier molecular flexibility index (Phi) is 6.39. The highest BCUT2D eigenvalue weighted by Crippen LogP contribution is 2.28. The van der Waals surface area contributed by atoms with E-state index >= 15 is 0 Å². The maximum atomic E-state index is 13.9.